The number of carbonyl (C=O) groups is 2. The number of anilines is 1. The molecule has 24 heavy (non-hydrogen) atoms. The van der Waals surface area contributed by atoms with E-state index in [1.54, 1.807) is 19.1 Å². The Labute approximate surface area is 142 Å². The molecule has 0 bridgehead atoms. The third-order valence-electron chi connectivity index (χ3n) is 3.54. The third-order valence-corrected chi connectivity index (χ3v) is 4.61. The van der Waals surface area contributed by atoms with Crippen molar-refractivity contribution in [1.29, 1.82) is 0 Å². The molecule has 0 radical (unpaired) electrons. The lowest BCUT2D eigenvalue weighted by atomic mass is 10.1. The fourth-order valence-electron chi connectivity index (χ4n) is 2.35. The van der Waals surface area contributed by atoms with Crippen molar-refractivity contribution in [1.82, 2.24) is 4.98 Å². The molecular formula is C17H15N3O3S. The van der Waals surface area contributed by atoms with E-state index in [1.807, 2.05) is 24.3 Å². The molecule has 2 amide bonds. The summed E-state index contributed by atoms with van der Waals surface area (Å²) < 4.78 is 5.28. The van der Waals surface area contributed by atoms with E-state index in [-0.39, 0.29) is 11.6 Å². The van der Waals surface area contributed by atoms with E-state index in [9.17, 15) is 9.59 Å². The number of hydrogen-bond acceptors (Lipinski definition) is 5. The maximum absolute atomic E-state index is 12.5. The summed E-state index contributed by atoms with van der Waals surface area (Å²) in [5, 5.41) is 4.45. The van der Waals surface area contributed by atoms with Gasteiger partial charge in [0.2, 0.25) is 5.88 Å². The minimum Gasteiger partial charge on any atom is -0.481 e. The Balaban J connectivity index is 1.95. The van der Waals surface area contributed by atoms with Crippen LogP contribution in [0.5, 0.6) is 5.88 Å². The lowest BCUT2D eigenvalue weighted by Gasteiger charge is -2.08. The number of nitrogens with two attached hydrogens (primary N) is 1. The SMILES string of the molecule is COc1nc(C(=O)Nc2cc(C(N)=O)sc2C)cc2ccccc12. The second-order valence-electron chi connectivity index (χ2n) is 5.14. The van der Waals surface area contributed by atoms with Crippen LogP contribution in [0.1, 0.15) is 25.0 Å². The number of methoxy groups -OCH3 is 1. The number of benzene rings is 1. The predicted molar refractivity (Wildman–Crippen MR) is 93.8 cm³/mol. The predicted octanol–water partition coefficient (Wildman–Crippen LogP) is 2.96. The van der Waals surface area contributed by atoms with Crippen molar-refractivity contribution in [3.63, 3.8) is 0 Å². The third kappa shape index (κ3) is 2.93. The smallest absolute Gasteiger partial charge is 0.274 e. The first-order chi connectivity index (χ1) is 11.5. The average molecular weight is 341 g/mol. The second-order valence-corrected chi connectivity index (χ2v) is 6.39. The topological polar surface area (TPSA) is 94.3 Å². The molecule has 0 aliphatic heterocycles. The van der Waals surface area contributed by atoms with E-state index in [0.29, 0.717) is 16.4 Å². The number of nitrogens with one attached hydrogen (secondary N) is 1. The number of ether oxygens (including phenoxy) is 1. The van der Waals surface area contributed by atoms with Gasteiger partial charge >= 0.3 is 0 Å². The van der Waals surface area contributed by atoms with Crippen molar-refractivity contribution in [2.45, 2.75) is 6.92 Å². The summed E-state index contributed by atoms with van der Waals surface area (Å²) in [5.41, 5.74) is 6.05. The molecule has 0 unspecified atom stereocenters. The van der Waals surface area contributed by atoms with E-state index < -0.39 is 5.91 Å². The summed E-state index contributed by atoms with van der Waals surface area (Å²) in [5.74, 6) is -0.511. The van der Waals surface area contributed by atoms with Gasteiger partial charge in [0, 0.05) is 10.3 Å². The molecule has 1 aromatic carbocycles. The Morgan fingerprint density at radius 2 is 2.00 bits per heavy atom. The molecule has 0 saturated carbocycles. The van der Waals surface area contributed by atoms with Crippen LogP contribution < -0.4 is 15.8 Å². The number of carbonyl (C=O) groups excluding carboxylic acids is 2. The summed E-state index contributed by atoms with van der Waals surface area (Å²) in [4.78, 5) is 29.2. The highest BCUT2D eigenvalue weighted by molar-refractivity contribution is 7.14. The fraction of sp³-hybridized carbons (Fsp3) is 0.118. The molecule has 0 aliphatic carbocycles. The maximum atomic E-state index is 12.5. The minimum atomic E-state index is -0.519. The fourth-order valence-corrected chi connectivity index (χ4v) is 3.18. The van der Waals surface area contributed by atoms with Crippen LogP contribution in [0.25, 0.3) is 10.8 Å². The normalized spacial score (nSPS) is 10.6. The quantitative estimate of drug-likeness (QED) is 0.763. The van der Waals surface area contributed by atoms with Gasteiger partial charge in [0.25, 0.3) is 11.8 Å². The second kappa shape index (κ2) is 6.29. The number of pyridine rings is 1. The van der Waals surface area contributed by atoms with Crippen LogP contribution in [0.3, 0.4) is 0 Å². The van der Waals surface area contributed by atoms with Crippen LogP contribution in [-0.2, 0) is 0 Å². The van der Waals surface area contributed by atoms with Gasteiger partial charge in [0.15, 0.2) is 0 Å². The number of thiophene rings is 1. The molecule has 3 N–H and O–H groups in total. The van der Waals surface area contributed by atoms with Gasteiger partial charge in [-0.1, -0.05) is 18.2 Å². The lowest BCUT2D eigenvalue weighted by molar-refractivity contribution is 0.0999. The molecule has 7 heteroatoms. The van der Waals surface area contributed by atoms with Crippen LogP contribution in [0.4, 0.5) is 5.69 Å². The number of primary amides is 1. The number of hydrogen-bond donors (Lipinski definition) is 2. The molecular weight excluding hydrogens is 326 g/mol. The van der Waals surface area contributed by atoms with Crippen LogP contribution >= 0.6 is 11.3 Å². The summed E-state index contributed by atoms with van der Waals surface area (Å²) >= 11 is 1.24. The van der Waals surface area contributed by atoms with Crippen LogP contribution in [0, 0.1) is 6.92 Å². The Hall–Kier alpha value is -2.93. The maximum Gasteiger partial charge on any atom is 0.274 e. The molecule has 6 nitrogen and oxygen atoms in total. The molecule has 3 rings (SSSR count). The molecule has 0 atom stereocenters. The summed E-state index contributed by atoms with van der Waals surface area (Å²) in [6, 6.07) is 10.8. The molecule has 0 spiro atoms. The number of aryl methyl sites for hydroxylation is 1. The van der Waals surface area contributed by atoms with Crippen molar-refractivity contribution in [2.75, 3.05) is 12.4 Å². The molecule has 122 valence electrons. The van der Waals surface area contributed by atoms with Gasteiger partial charge in [-0.3, -0.25) is 9.59 Å². The Morgan fingerprint density at radius 3 is 2.67 bits per heavy atom. The summed E-state index contributed by atoms with van der Waals surface area (Å²) in [6.07, 6.45) is 0. The first-order valence-electron chi connectivity index (χ1n) is 7.15. The van der Waals surface area contributed by atoms with E-state index in [0.717, 1.165) is 15.6 Å². The van der Waals surface area contributed by atoms with Gasteiger partial charge in [-0.15, -0.1) is 11.3 Å². The van der Waals surface area contributed by atoms with E-state index >= 15 is 0 Å². The standard InChI is InChI=1S/C17H15N3O3S/c1-9-12(8-14(24-9)15(18)21)19-16(22)13-7-10-5-3-4-6-11(10)17(20-13)23-2/h3-8H,1-2H3,(H2,18,21)(H,19,22). The summed E-state index contributed by atoms with van der Waals surface area (Å²) in [6.45, 7) is 1.81. The highest BCUT2D eigenvalue weighted by atomic mass is 32.1. The number of aromatic nitrogens is 1. The van der Waals surface area contributed by atoms with E-state index in [4.69, 9.17) is 10.5 Å². The minimum absolute atomic E-state index is 0.233. The van der Waals surface area contributed by atoms with Crippen LogP contribution in [-0.4, -0.2) is 23.9 Å². The average Bonchev–Trinajstić information content (AvgIpc) is 2.94. The van der Waals surface area contributed by atoms with Crippen LogP contribution in [0.2, 0.25) is 0 Å². The summed E-state index contributed by atoms with van der Waals surface area (Å²) in [7, 11) is 1.51. The van der Waals surface area contributed by atoms with E-state index in [1.165, 1.54) is 18.4 Å². The largest absolute Gasteiger partial charge is 0.481 e. The zero-order valence-electron chi connectivity index (χ0n) is 13.1. The van der Waals surface area contributed by atoms with Crippen molar-refractivity contribution in [3.05, 3.63) is 51.8 Å². The molecule has 3 aromatic rings. The number of fused-ring (bicyclic) bond motifs is 1. The highest BCUT2D eigenvalue weighted by Crippen LogP contribution is 2.28. The molecule has 0 fully saturated rings. The first-order valence-corrected chi connectivity index (χ1v) is 7.96. The molecule has 2 heterocycles. The Bertz CT molecular complexity index is 949. The zero-order chi connectivity index (χ0) is 17.3. The zero-order valence-corrected chi connectivity index (χ0v) is 13.9. The Kier molecular flexibility index (Phi) is 4.18. The first kappa shape index (κ1) is 15.9. The van der Waals surface area contributed by atoms with Gasteiger partial charge in [-0.2, -0.15) is 0 Å². The van der Waals surface area contributed by atoms with Crippen LogP contribution in [0.15, 0.2) is 36.4 Å². The van der Waals surface area contributed by atoms with Gasteiger partial charge in [-0.25, -0.2) is 4.98 Å². The van der Waals surface area contributed by atoms with Gasteiger partial charge in [-0.05, 0) is 30.5 Å². The van der Waals surface area contributed by atoms with Crippen molar-refractivity contribution in [2.24, 2.45) is 5.73 Å². The number of rotatable bonds is 4. The van der Waals surface area contributed by atoms with Crippen molar-refractivity contribution >= 4 is 39.6 Å². The van der Waals surface area contributed by atoms with Crippen molar-refractivity contribution < 1.29 is 14.3 Å². The Morgan fingerprint density at radius 1 is 1.25 bits per heavy atom. The van der Waals surface area contributed by atoms with Gasteiger partial charge < -0.3 is 15.8 Å². The van der Waals surface area contributed by atoms with Crippen molar-refractivity contribution in [3.8, 4) is 5.88 Å². The van der Waals surface area contributed by atoms with E-state index in [2.05, 4.69) is 10.3 Å². The monoisotopic (exact) mass is 341 g/mol. The lowest BCUT2D eigenvalue weighted by Crippen LogP contribution is -2.14. The van der Waals surface area contributed by atoms with Gasteiger partial charge in [0.05, 0.1) is 17.7 Å². The number of amides is 2. The molecule has 0 saturated heterocycles. The highest BCUT2D eigenvalue weighted by Gasteiger charge is 2.16. The number of nitrogens with zero attached hydrogens (tertiary/aromatic N) is 1. The molecule has 2 aromatic heterocycles. The molecule has 0 aliphatic rings. The van der Waals surface area contributed by atoms with Gasteiger partial charge in [0.1, 0.15) is 5.69 Å².